The van der Waals surface area contributed by atoms with E-state index < -0.39 is 16.1 Å². The number of carbonyl (C=O) groups is 1. The quantitative estimate of drug-likeness (QED) is 0.800. The molecule has 3 aliphatic rings. The molecule has 3 aliphatic heterocycles. The van der Waals surface area contributed by atoms with E-state index in [0.29, 0.717) is 43.6 Å². The number of hydrogen-bond acceptors (Lipinski definition) is 6. The second-order valence-corrected chi connectivity index (χ2v) is 9.18. The minimum Gasteiger partial charge on any atom is -0.486 e. The fourth-order valence-corrected chi connectivity index (χ4v) is 5.09. The van der Waals surface area contributed by atoms with E-state index in [4.69, 9.17) is 14.2 Å². The standard InChI is InChI=1S/C21H22N2O6S/c24-21(19-2-1-9-27-19)23-8-7-14-3-4-15(12-17(14)23)22-30(25,26)16-5-6-18-20(13-16)29-11-10-28-18/h3-6,12-13,19,22H,1-2,7-11H2/t19-/m0/s1. The van der Waals surface area contributed by atoms with Crippen LogP contribution in [-0.4, -0.2) is 46.8 Å². The fraction of sp³-hybridized carbons (Fsp3) is 0.381. The third kappa shape index (κ3) is 3.48. The molecule has 2 aromatic rings. The zero-order valence-electron chi connectivity index (χ0n) is 16.3. The first-order valence-electron chi connectivity index (χ1n) is 10.00. The maximum atomic E-state index is 12.9. The fourth-order valence-electron chi connectivity index (χ4n) is 4.02. The first-order chi connectivity index (χ1) is 14.5. The lowest BCUT2D eigenvalue weighted by Crippen LogP contribution is -2.37. The number of sulfonamides is 1. The topological polar surface area (TPSA) is 94.2 Å². The average molecular weight is 430 g/mol. The average Bonchev–Trinajstić information content (AvgIpc) is 3.43. The number of anilines is 2. The smallest absolute Gasteiger partial charge is 0.262 e. The van der Waals surface area contributed by atoms with Gasteiger partial charge in [0.15, 0.2) is 11.5 Å². The van der Waals surface area contributed by atoms with Crippen molar-refractivity contribution in [1.29, 1.82) is 0 Å². The maximum Gasteiger partial charge on any atom is 0.262 e. The van der Waals surface area contributed by atoms with Crippen molar-refractivity contribution in [3.05, 3.63) is 42.0 Å². The number of rotatable bonds is 4. The van der Waals surface area contributed by atoms with Crippen molar-refractivity contribution in [2.24, 2.45) is 0 Å². The summed E-state index contributed by atoms with van der Waals surface area (Å²) in [6, 6.07) is 9.82. The molecule has 8 nitrogen and oxygen atoms in total. The van der Waals surface area contributed by atoms with Crippen molar-refractivity contribution in [3.63, 3.8) is 0 Å². The maximum absolute atomic E-state index is 12.9. The molecule has 158 valence electrons. The summed E-state index contributed by atoms with van der Waals surface area (Å²) in [7, 11) is -3.83. The number of hydrogen-bond donors (Lipinski definition) is 1. The largest absolute Gasteiger partial charge is 0.486 e. The Kier molecular flexibility index (Phi) is 4.79. The summed E-state index contributed by atoms with van der Waals surface area (Å²) in [5.41, 5.74) is 2.15. The van der Waals surface area contributed by atoms with Gasteiger partial charge in [-0.3, -0.25) is 9.52 Å². The molecule has 1 amide bonds. The molecule has 9 heteroatoms. The molecule has 0 spiro atoms. The number of benzene rings is 2. The van der Waals surface area contributed by atoms with Gasteiger partial charge in [-0.05, 0) is 49.1 Å². The van der Waals surface area contributed by atoms with Crippen molar-refractivity contribution in [2.45, 2.75) is 30.3 Å². The second-order valence-electron chi connectivity index (χ2n) is 7.50. The first kappa shape index (κ1) is 19.2. The molecule has 0 bridgehead atoms. The highest BCUT2D eigenvalue weighted by atomic mass is 32.2. The van der Waals surface area contributed by atoms with Crippen molar-refractivity contribution in [3.8, 4) is 11.5 Å². The number of fused-ring (bicyclic) bond motifs is 2. The Hall–Kier alpha value is -2.78. The van der Waals surface area contributed by atoms with Gasteiger partial charge in [-0.1, -0.05) is 6.07 Å². The van der Waals surface area contributed by atoms with Crippen LogP contribution >= 0.6 is 0 Å². The van der Waals surface area contributed by atoms with Crippen LogP contribution in [0.1, 0.15) is 18.4 Å². The highest BCUT2D eigenvalue weighted by Gasteiger charge is 2.33. The minimum atomic E-state index is -3.83. The molecule has 0 radical (unpaired) electrons. The molecule has 0 aliphatic carbocycles. The summed E-state index contributed by atoms with van der Waals surface area (Å²) in [5, 5.41) is 0. The van der Waals surface area contributed by atoms with Gasteiger partial charge in [-0.25, -0.2) is 8.42 Å². The Bertz CT molecular complexity index is 1090. The SMILES string of the molecule is O=C([C@@H]1CCCO1)N1CCc2ccc(NS(=O)(=O)c3ccc4c(c3)OCCO4)cc21. The highest BCUT2D eigenvalue weighted by molar-refractivity contribution is 7.92. The minimum absolute atomic E-state index is 0.0573. The van der Waals surface area contributed by atoms with Crippen LogP contribution in [0.15, 0.2) is 41.3 Å². The number of carbonyl (C=O) groups excluding carboxylic acids is 1. The van der Waals surface area contributed by atoms with Gasteiger partial charge in [-0.2, -0.15) is 0 Å². The van der Waals surface area contributed by atoms with Crippen molar-refractivity contribution >= 4 is 27.3 Å². The lowest BCUT2D eigenvalue weighted by atomic mass is 10.1. The van der Waals surface area contributed by atoms with E-state index in [-0.39, 0.29) is 10.8 Å². The zero-order chi connectivity index (χ0) is 20.7. The summed E-state index contributed by atoms with van der Waals surface area (Å²) in [4.78, 5) is 14.6. The zero-order valence-corrected chi connectivity index (χ0v) is 17.1. The molecule has 0 saturated carbocycles. The van der Waals surface area contributed by atoms with Crippen LogP contribution in [0.2, 0.25) is 0 Å². The van der Waals surface area contributed by atoms with Gasteiger partial charge in [0, 0.05) is 24.9 Å². The Labute approximate surface area is 174 Å². The summed E-state index contributed by atoms with van der Waals surface area (Å²) < 4.78 is 44.9. The number of ether oxygens (including phenoxy) is 3. The summed E-state index contributed by atoms with van der Waals surface area (Å²) in [6.45, 7) is 2.00. The third-order valence-corrected chi connectivity index (χ3v) is 6.91. The van der Waals surface area contributed by atoms with Gasteiger partial charge in [0.1, 0.15) is 19.3 Å². The van der Waals surface area contributed by atoms with Gasteiger partial charge in [-0.15, -0.1) is 0 Å². The number of nitrogens with one attached hydrogen (secondary N) is 1. The molecule has 30 heavy (non-hydrogen) atoms. The number of nitrogens with zero attached hydrogens (tertiary/aromatic N) is 1. The second kappa shape index (κ2) is 7.48. The third-order valence-electron chi connectivity index (χ3n) is 5.53. The normalized spacial score (nSPS) is 20.1. The molecule has 1 N–H and O–H groups in total. The Morgan fingerprint density at radius 2 is 1.87 bits per heavy atom. The predicted octanol–water partition coefficient (Wildman–Crippen LogP) is 2.33. The summed E-state index contributed by atoms with van der Waals surface area (Å²) in [6.07, 6.45) is 1.94. The van der Waals surface area contributed by atoms with Crippen LogP contribution in [0.25, 0.3) is 0 Å². The van der Waals surface area contributed by atoms with E-state index >= 15 is 0 Å². The Balaban J connectivity index is 1.39. The van der Waals surface area contributed by atoms with Gasteiger partial charge >= 0.3 is 0 Å². The van der Waals surface area contributed by atoms with Crippen LogP contribution in [0.5, 0.6) is 11.5 Å². The molecule has 1 atom stereocenters. The molecular weight excluding hydrogens is 408 g/mol. The van der Waals surface area contributed by atoms with E-state index in [9.17, 15) is 13.2 Å². The lowest BCUT2D eigenvalue weighted by molar-refractivity contribution is -0.127. The van der Waals surface area contributed by atoms with Gasteiger partial charge in [0.25, 0.3) is 15.9 Å². The number of amides is 1. The predicted molar refractivity (Wildman–Crippen MR) is 110 cm³/mol. The van der Waals surface area contributed by atoms with Crippen LogP contribution in [0.4, 0.5) is 11.4 Å². The lowest BCUT2D eigenvalue weighted by Gasteiger charge is -2.21. The molecule has 0 unspecified atom stereocenters. The molecule has 3 heterocycles. The van der Waals surface area contributed by atoms with Gasteiger partial charge < -0.3 is 19.1 Å². The van der Waals surface area contributed by atoms with Crippen molar-refractivity contribution in [1.82, 2.24) is 0 Å². The van der Waals surface area contributed by atoms with Crippen LogP contribution in [-0.2, 0) is 26.0 Å². The van der Waals surface area contributed by atoms with Gasteiger partial charge in [0.2, 0.25) is 0 Å². The summed E-state index contributed by atoms with van der Waals surface area (Å²) >= 11 is 0. The van der Waals surface area contributed by atoms with Crippen LogP contribution in [0, 0.1) is 0 Å². The highest BCUT2D eigenvalue weighted by Crippen LogP contribution is 2.35. The molecule has 0 aromatic heterocycles. The molecule has 1 fully saturated rings. The van der Waals surface area contributed by atoms with Crippen molar-refractivity contribution in [2.75, 3.05) is 36.0 Å². The molecule has 2 aromatic carbocycles. The Morgan fingerprint density at radius 3 is 2.67 bits per heavy atom. The molecule has 1 saturated heterocycles. The van der Waals surface area contributed by atoms with Crippen LogP contribution < -0.4 is 19.1 Å². The van der Waals surface area contributed by atoms with Crippen molar-refractivity contribution < 1.29 is 27.4 Å². The molecular formula is C21H22N2O6S. The first-order valence-corrected chi connectivity index (χ1v) is 11.5. The summed E-state index contributed by atoms with van der Waals surface area (Å²) in [5.74, 6) is 0.880. The van der Waals surface area contributed by atoms with E-state index in [1.165, 1.54) is 12.1 Å². The monoisotopic (exact) mass is 430 g/mol. The van der Waals surface area contributed by atoms with E-state index in [2.05, 4.69) is 4.72 Å². The molecule has 5 rings (SSSR count). The van der Waals surface area contributed by atoms with E-state index in [0.717, 1.165) is 30.5 Å². The van der Waals surface area contributed by atoms with E-state index in [1.807, 2.05) is 6.07 Å². The van der Waals surface area contributed by atoms with E-state index in [1.54, 1.807) is 23.1 Å². The van der Waals surface area contributed by atoms with Gasteiger partial charge in [0.05, 0.1) is 10.6 Å². The Morgan fingerprint density at radius 1 is 1.03 bits per heavy atom. The van der Waals surface area contributed by atoms with Crippen LogP contribution in [0.3, 0.4) is 0 Å².